The fourth-order valence-electron chi connectivity index (χ4n) is 2.09. The van der Waals surface area contributed by atoms with Gasteiger partial charge in [0.05, 0.1) is 12.2 Å². The molecular weight excluding hydrogens is 252 g/mol. The van der Waals surface area contributed by atoms with Gasteiger partial charge in [-0.1, -0.05) is 0 Å². The molecule has 0 aliphatic carbocycles. The minimum atomic E-state index is -0.660. The van der Waals surface area contributed by atoms with Crippen molar-refractivity contribution in [1.82, 2.24) is 4.90 Å². The van der Waals surface area contributed by atoms with Gasteiger partial charge in [-0.2, -0.15) is 0 Å². The van der Waals surface area contributed by atoms with Crippen LogP contribution in [0.25, 0.3) is 0 Å². The van der Waals surface area contributed by atoms with E-state index in [1.807, 2.05) is 6.92 Å². The molecule has 0 unspecified atom stereocenters. The minimum Gasteiger partial charge on any atom is -0.395 e. The average Bonchev–Trinajstić information content (AvgIpc) is 3.06. The lowest BCUT2D eigenvalue weighted by molar-refractivity contribution is -0.402. The molecule has 1 fully saturated rings. The molecule has 2 rings (SSSR count). The molecule has 0 N–H and O–H groups in total. The summed E-state index contributed by atoms with van der Waals surface area (Å²) in [4.78, 5) is 23.6. The smallest absolute Gasteiger partial charge is 0.395 e. The first-order chi connectivity index (χ1) is 9.11. The van der Waals surface area contributed by atoms with Gasteiger partial charge in [0, 0.05) is 19.7 Å². The molecule has 1 aliphatic rings. The summed E-state index contributed by atoms with van der Waals surface area (Å²) in [6.45, 7) is 3.57. The third-order valence-electron chi connectivity index (χ3n) is 3.10. The highest BCUT2D eigenvalue weighted by atomic mass is 16.6. The molecule has 0 saturated carbocycles. The fourth-order valence-corrected chi connectivity index (χ4v) is 2.09. The number of likely N-dealkylation sites (N-methyl/N-ethyl adjacent to an activating group) is 1. The summed E-state index contributed by atoms with van der Waals surface area (Å²) >= 11 is 0. The topological polar surface area (TPSA) is 85.8 Å². The predicted molar refractivity (Wildman–Crippen MR) is 65.9 cm³/mol. The Kier molecular flexibility index (Phi) is 4.16. The van der Waals surface area contributed by atoms with Crippen molar-refractivity contribution in [2.45, 2.75) is 25.9 Å². The van der Waals surface area contributed by atoms with Crippen molar-refractivity contribution in [3.8, 4) is 0 Å². The molecule has 0 radical (unpaired) electrons. The molecular formula is C12H16N2O5. The summed E-state index contributed by atoms with van der Waals surface area (Å²) in [6, 6.07) is 2.52. The second-order valence-electron chi connectivity index (χ2n) is 4.37. The van der Waals surface area contributed by atoms with Crippen LogP contribution >= 0.6 is 0 Å². The number of carbonyl (C=O) groups is 1. The SMILES string of the molecule is CCN(C[C@H]1CCCO1)C(=O)c1ccc([N+](=O)[O-])o1. The number of rotatable bonds is 5. The monoisotopic (exact) mass is 268 g/mol. The summed E-state index contributed by atoms with van der Waals surface area (Å²) in [5.41, 5.74) is 0. The van der Waals surface area contributed by atoms with Crippen molar-refractivity contribution in [1.29, 1.82) is 0 Å². The molecule has 7 nitrogen and oxygen atoms in total. The van der Waals surface area contributed by atoms with Crippen LogP contribution in [0.2, 0.25) is 0 Å². The fraction of sp³-hybridized carbons (Fsp3) is 0.583. The first-order valence-electron chi connectivity index (χ1n) is 6.27. The maximum absolute atomic E-state index is 12.2. The molecule has 19 heavy (non-hydrogen) atoms. The molecule has 0 bridgehead atoms. The Bertz CT molecular complexity index is 464. The number of nitro groups is 1. The van der Waals surface area contributed by atoms with Gasteiger partial charge in [-0.15, -0.1) is 0 Å². The molecule has 1 aromatic heterocycles. The molecule has 1 atom stereocenters. The van der Waals surface area contributed by atoms with Crippen LogP contribution in [0.1, 0.15) is 30.3 Å². The van der Waals surface area contributed by atoms with Gasteiger partial charge in [0.1, 0.15) is 4.92 Å². The van der Waals surface area contributed by atoms with Gasteiger partial charge in [0.2, 0.25) is 0 Å². The average molecular weight is 268 g/mol. The van der Waals surface area contributed by atoms with Crippen molar-refractivity contribution >= 4 is 11.8 Å². The number of hydrogen-bond donors (Lipinski definition) is 0. The van der Waals surface area contributed by atoms with Gasteiger partial charge in [0.25, 0.3) is 5.91 Å². The predicted octanol–water partition coefficient (Wildman–Crippen LogP) is 1.83. The van der Waals surface area contributed by atoms with Gasteiger partial charge < -0.3 is 14.1 Å². The van der Waals surface area contributed by atoms with E-state index in [1.54, 1.807) is 4.90 Å². The normalized spacial score (nSPS) is 18.5. The van der Waals surface area contributed by atoms with Gasteiger partial charge in [-0.25, -0.2) is 0 Å². The largest absolute Gasteiger partial charge is 0.433 e. The standard InChI is InChI=1S/C12H16N2O5/c1-2-13(8-9-4-3-7-18-9)12(15)10-5-6-11(19-10)14(16)17/h5-6,9H,2-4,7-8H2,1H3/t9-/m1/s1. The van der Waals surface area contributed by atoms with Gasteiger partial charge in [0.15, 0.2) is 5.76 Å². The molecule has 1 aromatic rings. The van der Waals surface area contributed by atoms with Crippen LogP contribution in [0.4, 0.5) is 5.88 Å². The third-order valence-corrected chi connectivity index (χ3v) is 3.10. The van der Waals surface area contributed by atoms with Crippen LogP contribution in [-0.4, -0.2) is 41.5 Å². The van der Waals surface area contributed by atoms with Crippen molar-refractivity contribution in [3.63, 3.8) is 0 Å². The Morgan fingerprint density at radius 3 is 2.89 bits per heavy atom. The van der Waals surface area contributed by atoms with Crippen LogP contribution in [0, 0.1) is 10.1 Å². The van der Waals surface area contributed by atoms with Crippen LogP contribution in [0.15, 0.2) is 16.5 Å². The zero-order chi connectivity index (χ0) is 13.8. The lowest BCUT2D eigenvalue weighted by Gasteiger charge is -2.22. The van der Waals surface area contributed by atoms with Crippen LogP contribution < -0.4 is 0 Å². The van der Waals surface area contributed by atoms with E-state index in [0.717, 1.165) is 19.4 Å². The third kappa shape index (κ3) is 3.11. The highest BCUT2D eigenvalue weighted by molar-refractivity contribution is 5.91. The Labute approximate surface area is 110 Å². The number of ether oxygens (including phenoxy) is 1. The summed E-state index contributed by atoms with van der Waals surface area (Å²) in [5, 5.41) is 10.5. The molecule has 7 heteroatoms. The number of nitrogens with zero attached hydrogens (tertiary/aromatic N) is 2. The van der Waals surface area contributed by atoms with Crippen molar-refractivity contribution in [2.24, 2.45) is 0 Å². The van der Waals surface area contributed by atoms with Gasteiger partial charge in [-0.3, -0.25) is 14.9 Å². The van der Waals surface area contributed by atoms with E-state index >= 15 is 0 Å². The molecule has 1 amide bonds. The highest BCUT2D eigenvalue weighted by Crippen LogP contribution is 2.19. The van der Waals surface area contributed by atoms with E-state index in [-0.39, 0.29) is 17.8 Å². The summed E-state index contributed by atoms with van der Waals surface area (Å²) in [6.07, 6.45) is 1.99. The lowest BCUT2D eigenvalue weighted by atomic mass is 10.2. The molecule has 0 spiro atoms. The quantitative estimate of drug-likeness (QED) is 0.600. The second-order valence-corrected chi connectivity index (χ2v) is 4.37. The number of carbonyl (C=O) groups excluding carboxylic acids is 1. The van der Waals surface area contributed by atoms with E-state index in [1.165, 1.54) is 12.1 Å². The lowest BCUT2D eigenvalue weighted by Crippen LogP contribution is -2.37. The second kappa shape index (κ2) is 5.83. The maximum Gasteiger partial charge on any atom is 0.433 e. The number of furan rings is 1. The zero-order valence-electron chi connectivity index (χ0n) is 10.7. The minimum absolute atomic E-state index is 0.00783. The van der Waals surface area contributed by atoms with Gasteiger partial charge in [-0.05, 0) is 25.8 Å². The van der Waals surface area contributed by atoms with E-state index in [0.29, 0.717) is 13.1 Å². The van der Waals surface area contributed by atoms with Crippen molar-refractivity contribution < 1.29 is 18.9 Å². The Hall–Kier alpha value is -1.89. The summed E-state index contributed by atoms with van der Waals surface area (Å²) < 4.78 is 10.4. The van der Waals surface area contributed by atoms with E-state index < -0.39 is 10.8 Å². The molecule has 0 aromatic carbocycles. The Morgan fingerprint density at radius 1 is 1.58 bits per heavy atom. The number of hydrogen-bond acceptors (Lipinski definition) is 5. The van der Waals surface area contributed by atoms with E-state index in [9.17, 15) is 14.9 Å². The van der Waals surface area contributed by atoms with Crippen molar-refractivity contribution in [3.05, 3.63) is 28.0 Å². The molecule has 2 heterocycles. The van der Waals surface area contributed by atoms with Crippen LogP contribution in [0.3, 0.4) is 0 Å². The first-order valence-corrected chi connectivity index (χ1v) is 6.27. The van der Waals surface area contributed by atoms with E-state index in [4.69, 9.17) is 9.15 Å². The van der Waals surface area contributed by atoms with Crippen LogP contribution in [-0.2, 0) is 4.74 Å². The molecule has 1 saturated heterocycles. The van der Waals surface area contributed by atoms with Crippen molar-refractivity contribution in [2.75, 3.05) is 19.7 Å². The maximum atomic E-state index is 12.2. The number of amides is 1. The first kappa shape index (κ1) is 13.5. The van der Waals surface area contributed by atoms with Crippen LogP contribution in [0.5, 0.6) is 0 Å². The Morgan fingerprint density at radius 2 is 2.37 bits per heavy atom. The summed E-state index contributed by atoms with van der Waals surface area (Å²) in [7, 11) is 0. The molecule has 1 aliphatic heterocycles. The Balaban J connectivity index is 2.04. The van der Waals surface area contributed by atoms with Gasteiger partial charge >= 0.3 is 5.88 Å². The molecule has 104 valence electrons. The summed E-state index contributed by atoms with van der Waals surface area (Å²) in [5.74, 6) is -0.769. The van der Waals surface area contributed by atoms with E-state index in [2.05, 4.69) is 0 Å². The zero-order valence-corrected chi connectivity index (χ0v) is 10.7. The highest BCUT2D eigenvalue weighted by Gasteiger charge is 2.25.